The highest BCUT2D eigenvalue weighted by Crippen LogP contribution is 2.46. The molecule has 0 fully saturated rings. The molecule has 2 aromatic rings. The van der Waals surface area contributed by atoms with E-state index < -0.39 is 0 Å². The molecule has 2 aromatic carbocycles. The number of methoxy groups -OCH3 is 1. The Kier molecular flexibility index (Phi) is 5.14. The first-order valence-electron chi connectivity index (χ1n) is 10.8. The molecular weight excluding hydrogens is 396 g/mol. The van der Waals surface area contributed by atoms with Crippen molar-refractivity contribution >= 4 is 5.91 Å². The lowest BCUT2D eigenvalue weighted by molar-refractivity contribution is -0.123. The molecule has 0 aliphatic carbocycles. The normalized spacial score (nSPS) is 18.8. The van der Waals surface area contributed by atoms with E-state index in [-0.39, 0.29) is 24.6 Å². The van der Waals surface area contributed by atoms with Gasteiger partial charge in [-0.1, -0.05) is 6.07 Å². The van der Waals surface area contributed by atoms with E-state index in [0.717, 1.165) is 43.0 Å². The number of nitrogens with one attached hydrogen (secondary N) is 1. The maximum Gasteiger partial charge on any atom is 0.258 e. The van der Waals surface area contributed by atoms with Gasteiger partial charge in [0.1, 0.15) is 0 Å². The number of amides is 1. The fraction of sp³-hybridized carbons (Fsp3) is 0.458. The third kappa shape index (κ3) is 3.67. The maximum absolute atomic E-state index is 12.1. The highest BCUT2D eigenvalue weighted by atomic mass is 16.7. The number of nitrogens with zero attached hydrogens (tertiary/aromatic N) is 1. The van der Waals surface area contributed by atoms with Gasteiger partial charge in [0.05, 0.1) is 7.11 Å². The first-order valence-corrected chi connectivity index (χ1v) is 10.8. The van der Waals surface area contributed by atoms with Gasteiger partial charge in [0, 0.05) is 30.7 Å². The Hall–Kier alpha value is -2.93. The van der Waals surface area contributed by atoms with E-state index in [1.54, 1.807) is 7.11 Å². The van der Waals surface area contributed by atoms with Gasteiger partial charge >= 0.3 is 0 Å². The molecule has 1 atom stereocenters. The standard InChI is InChI=1S/C24H28N2O5/c1-14(2)25-23(27)12-29-24-18-11-26-7-6-16-9-21-22(31-13-30-21)10-17(16)19(26)8-15(18)4-5-20(24)28-3/h4-5,9-10,14,19H,6-8,11-13H2,1-3H3,(H,25,27). The minimum atomic E-state index is -0.133. The van der Waals surface area contributed by atoms with E-state index >= 15 is 0 Å². The van der Waals surface area contributed by atoms with Crippen molar-refractivity contribution in [1.29, 1.82) is 0 Å². The first kappa shape index (κ1) is 20.0. The number of benzene rings is 2. The van der Waals surface area contributed by atoms with Crippen molar-refractivity contribution in [2.75, 3.05) is 27.1 Å². The molecule has 31 heavy (non-hydrogen) atoms. The highest BCUT2D eigenvalue weighted by Gasteiger charge is 2.35. The molecule has 1 N–H and O–H groups in total. The third-order valence-electron chi connectivity index (χ3n) is 6.22. The van der Waals surface area contributed by atoms with Crippen LogP contribution in [0.5, 0.6) is 23.0 Å². The van der Waals surface area contributed by atoms with Crippen LogP contribution in [0, 0.1) is 0 Å². The molecule has 0 saturated heterocycles. The van der Waals surface area contributed by atoms with Crippen molar-refractivity contribution in [2.24, 2.45) is 0 Å². The maximum atomic E-state index is 12.1. The van der Waals surface area contributed by atoms with Crippen molar-refractivity contribution in [2.45, 2.75) is 45.3 Å². The monoisotopic (exact) mass is 424 g/mol. The summed E-state index contributed by atoms with van der Waals surface area (Å²) < 4.78 is 22.8. The zero-order valence-corrected chi connectivity index (χ0v) is 18.2. The smallest absolute Gasteiger partial charge is 0.258 e. The molecule has 0 aromatic heterocycles. The zero-order valence-electron chi connectivity index (χ0n) is 18.2. The summed E-state index contributed by atoms with van der Waals surface area (Å²) in [4.78, 5) is 14.6. The van der Waals surface area contributed by atoms with E-state index in [1.165, 1.54) is 16.7 Å². The lowest BCUT2D eigenvalue weighted by Gasteiger charge is -2.42. The summed E-state index contributed by atoms with van der Waals surface area (Å²) >= 11 is 0. The van der Waals surface area contributed by atoms with Crippen LogP contribution in [-0.2, 0) is 24.2 Å². The van der Waals surface area contributed by atoms with Crippen molar-refractivity contribution in [3.05, 3.63) is 46.5 Å². The molecule has 7 nitrogen and oxygen atoms in total. The first-order chi connectivity index (χ1) is 15.0. The Balaban J connectivity index is 1.44. The summed E-state index contributed by atoms with van der Waals surface area (Å²) in [5, 5.41) is 2.87. The van der Waals surface area contributed by atoms with Crippen LogP contribution < -0.4 is 24.3 Å². The zero-order chi connectivity index (χ0) is 21.5. The summed E-state index contributed by atoms with van der Waals surface area (Å²) in [6.07, 6.45) is 1.84. The fourth-order valence-corrected chi connectivity index (χ4v) is 4.81. The van der Waals surface area contributed by atoms with Crippen molar-refractivity contribution < 1.29 is 23.7 Å². The van der Waals surface area contributed by atoms with Gasteiger partial charge in [0.25, 0.3) is 5.91 Å². The average molecular weight is 424 g/mol. The number of fused-ring (bicyclic) bond motifs is 5. The molecule has 1 amide bonds. The minimum Gasteiger partial charge on any atom is -0.493 e. The predicted molar refractivity (Wildman–Crippen MR) is 115 cm³/mol. The topological polar surface area (TPSA) is 69.3 Å². The fourth-order valence-electron chi connectivity index (χ4n) is 4.81. The average Bonchev–Trinajstić information content (AvgIpc) is 3.21. The van der Waals surface area contributed by atoms with Gasteiger partial charge in [0.15, 0.2) is 29.6 Å². The van der Waals surface area contributed by atoms with Crippen LogP contribution in [0.3, 0.4) is 0 Å². The number of hydrogen-bond acceptors (Lipinski definition) is 6. The van der Waals surface area contributed by atoms with E-state index in [9.17, 15) is 4.79 Å². The van der Waals surface area contributed by atoms with Gasteiger partial charge in [-0.3, -0.25) is 9.69 Å². The Morgan fingerprint density at radius 1 is 1.23 bits per heavy atom. The van der Waals surface area contributed by atoms with Crippen LogP contribution in [0.1, 0.15) is 42.1 Å². The van der Waals surface area contributed by atoms with Gasteiger partial charge in [-0.05, 0) is 61.6 Å². The second-order valence-electron chi connectivity index (χ2n) is 8.59. The van der Waals surface area contributed by atoms with Crippen molar-refractivity contribution in [3.8, 4) is 23.0 Å². The van der Waals surface area contributed by atoms with Crippen molar-refractivity contribution in [3.63, 3.8) is 0 Å². The van der Waals surface area contributed by atoms with Gasteiger partial charge in [0.2, 0.25) is 6.79 Å². The Bertz CT molecular complexity index is 1020. The molecule has 7 heteroatoms. The predicted octanol–water partition coefficient (Wildman–Crippen LogP) is 2.98. The summed E-state index contributed by atoms with van der Waals surface area (Å²) in [6.45, 7) is 5.85. The van der Waals surface area contributed by atoms with Gasteiger partial charge in [-0.2, -0.15) is 0 Å². The third-order valence-corrected chi connectivity index (χ3v) is 6.22. The number of hydrogen-bond donors (Lipinski definition) is 1. The molecule has 0 spiro atoms. The van der Waals surface area contributed by atoms with E-state index in [1.807, 2.05) is 19.9 Å². The minimum absolute atomic E-state index is 0.0271. The number of ether oxygens (including phenoxy) is 4. The van der Waals surface area contributed by atoms with Crippen LogP contribution >= 0.6 is 0 Å². The van der Waals surface area contributed by atoms with Gasteiger partial charge in [-0.15, -0.1) is 0 Å². The lowest BCUT2D eigenvalue weighted by atomic mass is 9.83. The second-order valence-corrected chi connectivity index (χ2v) is 8.59. The van der Waals surface area contributed by atoms with E-state index in [4.69, 9.17) is 18.9 Å². The van der Waals surface area contributed by atoms with E-state index in [0.29, 0.717) is 18.3 Å². The molecule has 3 aliphatic rings. The Morgan fingerprint density at radius 2 is 2.03 bits per heavy atom. The molecule has 3 aliphatic heterocycles. The van der Waals surface area contributed by atoms with Crippen molar-refractivity contribution in [1.82, 2.24) is 10.2 Å². The van der Waals surface area contributed by atoms with Crippen LogP contribution in [-0.4, -0.2) is 43.9 Å². The molecule has 0 saturated carbocycles. The summed E-state index contributed by atoms with van der Waals surface area (Å²) in [5.41, 5.74) is 4.99. The largest absolute Gasteiger partial charge is 0.493 e. The molecular formula is C24H28N2O5. The lowest BCUT2D eigenvalue weighted by Crippen LogP contribution is -2.39. The molecule has 5 rings (SSSR count). The van der Waals surface area contributed by atoms with Gasteiger partial charge in [-0.25, -0.2) is 0 Å². The molecule has 1 unspecified atom stereocenters. The summed E-state index contributed by atoms with van der Waals surface area (Å²) in [5.74, 6) is 2.89. The molecule has 164 valence electrons. The molecule has 0 radical (unpaired) electrons. The second kappa shape index (κ2) is 7.96. The summed E-state index contributed by atoms with van der Waals surface area (Å²) in [7, 11) is 1.63. The van der Waals surface area contributed by atoms with Crippen LogP contribution in [0.2, 0.25) is 0 Å². The van der Waals surface area contributed by atoms with Crippen LogP contribution in [0.4, 0.5) is 0 Å². The van der Waals surface area contributed by atoms with Crippen LogP contribution in [0.15, 0.2) is 24.3 Å². The van der Waals surface area contributed by atoms with Crippen LogP contribution in [0.25, 0.3) is 0 Å². The Morgan fingerprint density at radius 3 is 2.81 bits per heavy atom. The SMILES string of the molecule is COc1ccc2c(c1OCC(=O)NC(C)C)CN1CCc3cc4c(cc3C1C2)OCO4. The highest BCUT2D eigenvalue weighted by molar-refractivity contribution is 5.78. The molecule has 3 heterocycles. The number of carbonyl (C=O) groups is 1. The quantitative estimate of drug-likeness (QED) is 0.796. The number of rotatable bonds is 5. The van der Waals surface area contributed by atoms with Gasteiger partial charge < -0.3 is 24.3 Å². The number of carbonyl (C=O) groups excluding carboxylic acids is 1. The molecule has 0 bridgehead atoms. The Labute approximate surface area is 182 Å². The summed E-state index contributed by atoms with van der Waals surface area (Å²) in [6, 6.07) is 8.71. The van der Waals surface area contributed by atoms with E-state index in [2.05, 4.69) is 28.4 Å².